The van der Waals surface area contributed by atoms with Gasteiger partial charge < -0.3 is 33.3 Å². The first kappa shape index (κ1) is 103. The summed E-state index contributed by atoms with van der Waals surface area (Å²) in [5, 5.41) is 11.9. The average Bonchev–Trinajstić information content (AvgIpc) is 0.928. The lowest BCUT2D eigenvalue weighted by molar-refractivity contribution is -0.870. The molecule has 0 heterocycles. The highest BCUT2D eigenvalue weighted by Gasteiger charge is 2.22. The summed E-state index contributed by atoms with van der Waals surface area (Å²) in [6, 6.07) is 0. The second-order valence-corrected chi connectivity index (χ2v) is 32.5. The zero-order chi connectivity index (χ0) is 77.4. The summed E-state index contributed by atoms with van der Waals surface area (Å²) >= 11 is 0. The van der Waals surface area contributed by atoms with Gasteiger partial charge in [-0.15, -0.1) is 0 Å². The van der Waals surface area contributed by atoms with Crippen molar-refractivity contribution in [2.75, 3.05) is 47.5 Å². The Bertz CT molecular complexity index is 2100. The highest BCUT2D eigenvalue weighted by molar-refractivity contribution is 5.70. The van der Waals surface area contributed by atoms with Crippen LogP contribution in [0.25, 0.3) is 0 Å². The Hall–Kier alpha value is -3.79. The lowest BCUT2D eigenvalue weighted by atomic mass is 10.0. The van der Waals surface area contributed by atoms with E-state index in [0.717, 1.165) is 89.9 Å². The highest BCUT2D eigenvalue weighted by Crippen LogP contribution is 2.21. The van der Waals surface area contributed by atoms with Gasteiger partial charge in [-0.25, -0.2) is 0 Å². The molecular formula is C98H177NO8. The number of unbranched alkanes of at least 4 members (excludes halogenated alkanes) is 56. The summed E-state index contributed by atoms with van der Waals surface area (Å²) in [7, 11) is 5.96. The van der Waals surface area contributed by atoms with Gasteiger partial charge in [-0.3, -0.25) is 9.59 Å². The molecule has 0 saturated carbocycles. The molecule has 0 aromatic rings. The van der Waals surface area contributed by atoms with E-state index in [0.29, 0.717) is 17.4 Å². The first-order valence-corrected chi connectivity index (χ1v) is 46.4. The number of carbonyl (C=O) groups is 3. The van der Waals surface area contributed by atoms with Crippen molar-refractivity contribution in [1.29, 1.82) is 0 Å². The number of hydrogen-bond donors (Lipinski definition) is 0. The molecule has 0 aliphatic heterocycles. The predicted octanol–water partition coefficient (Wildman–Crippen LogP) is 29.3. The largest absolute Gasteiger partial charge is 0.545 e. The SMILES string of the molecule is CC/C=C\C/C=C\C/C=C\C/C=C\CCCCCCCCCCCCCCCCCCCCCCCCCCCCCCC(=O)OCC(COC(OCC[N+](C)(C)C)C(=O)[O-])OC(=O)CCCCCCCCCCCCCCCCCCCCCCCCCCCCCC/C=C\C/C=C\C/C=C\C/C=C\CC. The van der Waals surface area contributed by atoms with Crippen molar-refractivity contribution in [3.8, 4) is 0 Å². The van der Waals surface area contributed by atoms with Gasteiger partial charge in [0.05, 0.1) is 40.3 Å². The van der Waals surface area contributed by atoms with E-state index in [1.54, 1.807) is 0 Å². The number of quaternary nitrogens is 1. The summed E-state index contributed by atoms with van der Waals surface area (Å²) in [6.07, 6.45) is 120. The molecule has 9 nitrogen and oxygen atoms in total. The molecule has 0 spiro atoms. The van der Waals surface area contributed by atoms with Crippen LogP contribution in [0.15, 0.2) is 97.2 Å². The van der Waals surface area contributed by atoms with Crippen molar-refractivity contribution in [1.82, 2.24) is 0 Å². The van der Waals surface area contributed by atoms with Crippen molar-refractivity contribution < 1.29 is 42.9 Å². The van der Waals surface area contributed by atoms with Crippen LogP contribution in [0.5, 0.6) is 0 Å². The van der Waals surface area contributed by atoms with E-state index < -0.39 is 24.3 Å². The fourth-order valence-electron chi connectivity index (χ4n) is 13.9. The second kappa shape index (κ2) is 87.8. The number of carboxylic acids is 1. The van der Waals surface area contributed by atoms with Crippen LogP contribution in [0, 0.1) is 0 Å². The molecule has 0 radical (unpaired) electrons. The number of allylic oxidation sites excluding steroid dienone is 16. The van der Waals surface area contributed by atoms with Gasteiger partial charge in [0.2, 0.25) is 0 Å². The Labute approximate surface area is 664 Å². The maximum atomic E-state index is 13.0. The standard InChI is InChI=1S/C98H177NO8/c1-6-8-10-12-14-16-18-20-22-24-26-28-30-32-34-36-38-40-42-44-46-48-50-52-54-56-58-60-62-64-66-68-70-72-74-76-78-80-82-84-86-88-95(100)105-92-94(93-106-98(97(102)103)104-91-90-99(3,4)5)107-96(101)89-87-85-83-81-79-77-75-73-71-69-67-65-63-61-59-57-55-53-51-49-47-45-43-41-39-37-35-33-31-29-27-25-23-21-19-17-15-13-11-9-7-2/h8-11,14-17,20-23,26-29,94,98H,6-7,12-13,18-19,24-25,30-93H2,1-5H3/b10-8-,11-9-,16-14-,17-15-,22-20-,23-21-,28-26-,29-27-. The summed E-state index contributed by atoms with van der Waals surface area (Å²) in [4.78, 5) is 37.7. The molecule has 107 heavy (non-hydrogen) atoms. The number of carboxylic acid groups (broad SMARTS) is 1. The number of carbonyl (C=O) groups excluding carboxylic acids is 3. The summed E-state index contributed by atoms with van der Waals surface area (Å²) < 4.78 is 22.9. The van der Waals surface area contributed by atoms with Crippen LogP contribution < -0.4 is 5.11 Å². The lowest BCUT2D eigenvalue weighted by Crippen LogP contribution is -2.44. The minimum Gasteiger partial charge on any atom is -0.545 e. The van der Waals surface area contributed by atoms with Crippen LogP contribution in [0.3, 0.4) is 0 Å². The topological polar surface area (TPSA) is 111 Å². The van der Waals surface area contributed by atoms with Gasteiger partial charge in [-0.05, 0) is 89.9 Å². The maximum Gasteiger partial charge on any atom is 0.306 e. The van der Waals surface area contributed by atoms with Crippen molar-refractivity contribution >= 4 is 17.9 Å². The van der Waals surface area contributed by atoms with Crippen molar-refractivity contribution in [2.24, 2.45) is 0 Å². The summed E-state index contributed by atoms with van der Waals surface area (Å²) in [6.45, 7) is 4.60. The molecule has 0 N–H and O–H groups in total. The van der Waals surface area contributed by atoms with E-state index in [1.807, 2.05) is 21.1 Å². The van der Waals surface area contributed by atoms with Crippen LogP contribution in [0.4, 0.5) is 0 Å². The molecule has 0 saturated heterocycles. The Morgan fingerprint density at radius 3 is 0.748 bits per heavy atom. The van der Waals surface area contributed by atoms with E-state index >= 15 is 0 Å². The predicted molar refractivity (Wildman–Crippen MR) is 463 cm³/mol. The van der Waals surface area contributed by atoms with E-state index in [4.69, 9.17) is 18.9 Å². The molecule has 2 atom stereocenters. The molecule has 2 unspecified atom stereocenters. The number of nitrogens with zero attached hydrogens (tertiary/aromatic N) is 1. The van der Waals surface area contributed by atoms with Gasteiger partial charge in [0.15, 0.2) is 12.4 Å². The normalized spacial score (nSPS) is 13.0. The molecule has 0 fully saturated rings. The average molecular weight is 1500 g/mol. The first-order chi connectivity index (χ1) is 52.6. The zero-order valence-electron chi connectivity index (χ0n) is 71.5. The minimum atomic E-state index is -1.62. The van der Waals surface area contributed by atoms with Crippen molar-refractivity contribution in [3.05, 3.63) is 97.2 Å². The zero-order valence-corrected chi connectivity index (χ0v) is 71.5. The second-order valence-electron chi connectivity index (χ2n) is 32.5. The molecule has 0 aromatic heterocycles. The maximum absolute atomic E-state index is 13.0. The summed E-state index contributed by atoms with van der Waals surface area (Å²) in [5.41, 5.74) is 0. The number of esters is 2. The number of aliphatic carboxylic acids is 1. The Balaban J connectivity index is 3.87. The highest BCUT2D eigenvalue weighted by atomic mass is 16.7. The van der Waals surface area contributed by atoms with Crippen LogP contribution >= 0.6 is 0 Å². The fourth-order valence-corrected chi connectivity index (χ4v) is 13.9. The van der Waals surface area contributed by atoms with Gasteiger partial charge in [0, 0.05) is 12.8 Å². The molecule has 0 bridgehead atoms. The molecule has 9 heteroatoms. The summed E-state index contributed by atoms with van der Waals surface area (Å²) in [5.74, 6) is -2.25. The van der Waals surface area contributed by atoms with Crippen molar-refractivity contribution in [2.45, 2.75) is 463 Å². The minimum absolute atomic E-state index is 0.150. The third-order valence-corrected chi connectivity index (χ3v) is 20.8. The Morgan fingerprint density at radius 2 is 0.505 bits per heavy atom. The molecule has 0 aromatic carbocycles. The number of ether oxygens (including phenoxy) is 4. The van der Waals surface area contributed by atoms with Crippen LogP contribution in [0.1, 0.15) is 450 Å². The molecule has 0 aliphatic carbocycles. The third kappa shape index (κ3) is 89.3. The number of likely N-dealkylation sites (N-methyl/N-ethyl adjacent to an activating group) is 1. The molecular weight excluding hydrogens is 1320 g/mol. The fraction of sp³-hybridized carbons (Fsp3) is 0.806. The molecule has 0 aliphatic rings. The van der Waals surface area contributed by atoms with Crippen LogP contribution in [-0.2, 0) is 33.3 Å². The van der Waals surface area contributed by atoms with E-state index in [-0.39, 0.29) is 32.2 Å². The van der Waals surface area contributed by atoms with E-state index in [2.05, 4.69) is 111 Å². The smallest absolute Gasteiger partial charge is 0.306 e. The van der Waals surface area contributed by atoms with E-state index in [1.165, 1.54) is 334 Å². The van der Waals surface area contributed by atoms with Crippen LogP contribution in [-0.4, -0.2) is 82.3 Å². The number of rotatable bonds is 87. The van der Waals surface area contributed by atoms with Crippen LogP contribution in [0.2, 0.25) is 0 Å². The third-order valence-electron chi connectivity index (χ3n) is 20.8. The molecule has 0 amide bonds. The number of hydrogen-bond acceptors (Lipinski definition) is 8. The quantitative estimate of drug-likeness (QED) is 0.0195. The lowest BCUT2D eigenvalue weighted by Gasteiger charge is -2.26. The first-order valence-electron chi connectivity index (χ1n) is 46.4. The molecule has 622 valence electrons. The van der Waals surface area contributed by atoms with Gasteiger partial charge >= 0.3 is 11.9 Å². The Morgan fingerprint density at radius 1 is 0.280 bits per heavy atom. The van der Waals surface area contributed by atoms with Gasteiger partial charge in [0.25, 0.3) is 0 Å². The van der Waals surface area contributed by atoms with Crippen molar-refractivity contribution in [3.63, 3.8) is 0 Å². The van der Waals surface area contributed by atoms with E-state index in [9.17, 15) is 19.5 Å². The van der Waals surface area contributed by atoms with Gasteiger partial charge in [-0.2, -0.15) is 0 Å². The molecule has 0 rings (SSSR count). The van der Waals surface area contributed by atoms with Gasteiger partial charge in [0.1, 0.15) is 13.2 Å². The Kier molecular flexibility index (Phi) is 84.7. The monoisotopic (exact) mass is 1500 g/mol. The van der Waals surface area contributed by atoms with Gasteiger partial charge in [-0.1, -0.05) is 445 Å².